The number of likely N-dealkylation sites (N-methyl/N-ethyl adjacent to an activating group) is 1. The Labute approximate surface area is 245 Å². The van der Waals surface area contributed by atoms with Crippen LogP contribution < -0.4 is 16.0 Å². The number of fused-ring (bicyclic) bond motifs is 2. The minimum atomic E-state index is -0.785. The molecule has 0 saturated heterocycles. The van der Waals surface area contributed by atoms with E-state index in [0.29, 0.717) is 13.0 Å². The maximum absolute atomic E-state index is 14.3. The Morgan fingerprint density at radius 3 is 2.32 bits per heavy atom. The number of amides is 3. The second-order valence-electron chi connectivity index (χ2n) is 13.9. The molecule has 4 rings (SSSR count). The van der Waals surface area contributed by atoms with E-state index in [1.165, 1.54) is 11.1 Å². The topological polar surface area (TPSA) is 90.5 Å². The van der Waals surface area contributed by atoms with Crippen molar-refractivity contribution in [1.29, 1.82) is 0 Å². The highest BCUT2D eigenvalue weighted by molar-refractivity contribution is 5.94. The van der Waals surface area contributed by atoms with Crippen LogP contribution in [-0.2, 0) is 39.2 Å². The van der Waals surface area contributed by atoms with Gasteiger partial charge in [-0.3, -0.25) is 14.4 Å². The molecule has 1 aliphatic carbocycles. The van der Waals surface area contributed by atoms with Crippen molar-refractivity contribution >= 4 is 17.7 Å². The molecule has 0 spiro atoms. The van der Waals surface area contributed by atoms with E-state index in [1.807, 2.05) is 32.9 Å². The Bertz CT molecular complexity index is 1290. The first-order chi connectivity index (χ1) is 19.2. The van der Waals surface area contributed by atoms with Gasteiger partial charge in [0.25, 0.3) is 0 Å². The third-order valence-corrected chi connectivity index (χ3v) is 8.70. The Hall–Kier alpha value is -3.19. The summed E-state index contributed by atoms with van der Waals surface area (Å²) in [4.78, 5) is 43.1. The van der Waals surface area contributed by atoms with Crippen LogP contribution in [0.2, 0.25) is 0 Å². The Morgan fingerprint density at radius 2 is 1.66 bits per heavy atom. The Morgan fingerprint density at radius 1 is 0.951 bits per heavy atom. The van der Waals surface area contributed by atoms with Gasteiger partial charge >= 0.3 is 0 Å². The molecule has 0 bridgehead atoms. The summed E-state index contributed by atoms with van der Waals surface area (Å²) in [6.45, 7) is 14.5. The fourth-order valence-electron chi connectivity index (χ4n) is 5.90. The van der Waals surface area contributed by atoms with Crippen LogP contribution in [0.4, 0.5) is 0 Å². The van der Waals surface area contributed by atoms with Gasteiger partial charge in [0, 0.05) is 13.0 Å². The van der Waals surface area contributed by atoms with Crippen molar-refractivity contribution in [2.45, 2.75) is 110 Å². The number of rotatable bonds is 6. The van der Waals surface area contributed by atoms with Crippen molar-refractivity contribution in [2.24, 2.45) is 5.41 Å². The van der Waals surface area contributed by atoms with E-state index in [1.54, 1.807) is 18.9 Å². The zero-order chi connectivity index (χ0) is 30.1. The summed E-state index contributed by atoms with van der Waals surface area (Å²) in [5.41, 5.74) is 5.20. The molecule has 3 amide bonds. The predicted octanol–water partition coefficient (Wildman–Crippen LogP) is 4.57. The summed E-state index contributed by atoms with van der Waals surface area (Å²) in [5, 5.41) is 9.26. The minimum absolute atomic E-state index is 0.0306. The second kappa shape index (κ2) is 12.0. The van der Waals surface area contributed by atoms with Crippen LogP contribution in [0.25, 0.3) is 0 Å². The molecule has 2 aliphatic rings. The largest absolute Gasteiger partial charge is 0.347 e. The van der Waals surface area contributed by atoms with Gasteiger partial charge in [0.15, 0.2) is 0 Å². The molecule has 7 heteroatoms. The average Bonchev–Trinajstić information content (AvgIpc) is 2.93. The quantitative estimate of drug-likeness (QED) is 0.483. The van der Waals surface area contributed by atoms with Crippen LogP contribution in [0.3, 0.4) is 0 Å². The normalized spacial score (nSPS) is 20.3. The van der Waals surface area contributed by atoms with E-state index in [0.717, 1.165) is 36.0 Å². The van der Waals surface area contributed by atoms with Gasteiger partial charge in [-0.1, -0.05) is 84.0 Å². The van der Waals surface area contributed by atoms with Crippen molar-refractivity contribution in [3.05, 3.63) is 70.3 Å². The van der Waals surface area contributed by atoms with Gasteiger partial charge in [-0.15, -0.1) is 0 Å². The summed E-state index contributed by atoms with van der Waals surface area (Å²) < 4.78 is 0. The van der Waals surface area contributed by atoms with E-state index in [2.05, 4.69) is 67.1 Å². The number of hydrogen-bond acceptors (Lipinski definition) is 4. The smallest absolute Gasteiger partial charge is 0.246 e. The monoisotopic (exact) mass is 560 g/mol. The summed E-state index contributed by atoms with van der Waals surface area (Å²) in [5.74, 6) is -0.619. The lowest BCUT2D eigenvalue weighted by molar-refractivity contribution is -0.147. The molecule has 0 aromatic heterocycles. The highest BCUT2D eigenvalue weighted by Crippen LogP contribution is 2.33. The molecule has 0 fully saturated rings. The van der Waals surface area contributed by atoms with Crippen molar-refractivity contribution < 1.29 is 14.4 Å². The first kappa shape index (κ1) is 30.8. The van der Waals surface area contributed by atoms with Gasteiger partial charge < -0.3 is 20.9 Å². The molecule has 41 heavy (non-hydrogen) atoms. The fraction of sp³-hybridized carbons (Fsp3) is 0.559. The Kier molecular flexibility index (Phi) is 8.98. The van der Waals surface area contributed by atoms with Gasteiger partial charge in [-0.05, 0) is 71.9 Å². The van der Waals surface area contributed by atoms with E-state index >= 15 is 0 Å². The number of carbonyl (C=O) groups excluding carboxylic acids is 3. The number of benzene rings is 2. The zero-order valence-corrected chi connectivity index (χ0v) is 26.1. The number of nitrogens with one attached hydrogen (secondary N) is 3. The van der Waals surface area contributed by atoms with Gasteiger partial charge in [0.2, 0.25) is 17.7 Å². The summed E-state index contributed by atoms with van der Waals surface area (Å²) in [7, 11) is 1.72. The van der Waals surface area contributed by atoms with Gasteiger partial charge in [0.1, 0.15) is 12.1 Å². The fourth-order valence-corrected chi connectivity index (χ4v) is 5.90. The molecule has 0 radical (unpaired) electrons. The first-order valence-corrected chi connectivity index (χ1v) is 15.0. The zero-order valence-electron chi connectivity index (χ0n) is 26.1. The van der Waals surface area contributed by atoms with Gasteiger partial charge in [0.05, 0.1) is 12.1 Å². The van der Waals surface area contributed by atoms with Crippen LogP contribution in [0, 0.1) is 5.41 Å². The van der Waals surface area contributed by atoms with E-state index in [4.69, 9.17) is 0 Å². The number of hydrogen-bond donors (Lipinski definition) is 3. The van der Waals surface area contributed by atoms with Crippen molar-refractivity contribution in [3.8, 4) is 0 Å². The highest BCUT2D eigenvalue weighted by Gasteiger charge is 2.43. The molecule has 2 aromatic rings. The average molecular weight is 561 g/mol. The summed E-state index contributed by atoms with van der Waals surface area (Å²) in [6.07, 6.45) is 3.33. The van der Waals surface area contributed by atoms with Crippen LogP contribution in [0.15, 0.2) is 42.5 Å². The highest BCUT2D eigenvalue weighted by atomic mass is 16.2. The van der Waals surface area contributed by atoms with E-state index in [9.17, 15) is 14.4 Å². The van der Waals surface area contributed by atoms with Crippen molar-refractivity contribution in [3.63, 3.8) is 0 Å². The third kappa shape index (κ3) is 6.83. The van der Waals surface area contributed by atoms with Crippen molar-refractivity contribution in [1.82, 2.24) is 20.9 Å². The van der Waals surface area contributed by atoms with Crippen LogP contribution >= 0.6 is 0 Å². The van der Waals surface area contributed by atoms with Crippen LogP contribution in [-0.4, -0.2) is 47.8 Å². The Balaban J connectivity index is 1.69. The molecular weight excluding hydrogens is 512 g/mol. The first-order valence-electron chi connectivity index (χ1n) is 15.0. The number of carbonyl (C=O) groups is 3. The number of nitrogens with zero attached hydrogens (tertiary/aromatic N) is 1. The lowest BCUT2D eigenvalue weighted by atomic mass is 9.81. The molecule has 1 aliphatic heterocycles. The standard InChI is InChI=1S/C34H48N4O3/c1-21(35-8)30(39)37-29(34(5,6)7)32(41)38-20-23-16-17-25(33(2,3)4)18-24(23)19-28(38)31(40)36-27-15-11-13-22-12-9-10-14-26(22)27/h9-10,12,14,16-18,21,27-29,35H,11,13,15,19-20H2,1-8H3,(H,36,40)(H,37,39)/t21-,27+,28-,29+/m0/s1. The van der Waals surface area contributed by atoms with Gasteiger partial charge in [-0.2, -0.15) is 0 Å². The molecule has 0 saturated carbocycles. The second-order valence-corrected chi connectivity index (χ2v) is 13.9. The van der Waals surface area contributed by atoms with Crippen LogP contribution in [0.5, 0.6) is 0 Å². The third-order valence-electron chi connectivity index (χ3n) is 8.70. The molecule has 0 unspecified atom stereocenters. The van der Waals surface area contributed by atoms with E-state index in [-0.39, 0.29) is 29.2 Å². The maximum Gasteiger partial charge on any atom is 0.246 e. The molecule has 3 N–H and O–H groups in total. The SMILES string of the molecule is CN[C@@H](C)C(=O)N[C@H](C(=O)N1Cc2ccc(C(C)(C)C)cc2C[C@H]1C(=O)N[C@@H]1CCCc2ccccc21)C(C)(C)C. The number of aryl methyl sites for hydroxylation is 1. The molecular formula is C34H48N4O3. The summed E-state index contributed by atoms with van der Waals surface area (Å²) >= 11 is 0. The lowest BCUT2D eigenvalue weighted by Gasteiger charge is -2.42. The minimum Gasteiger partial charge on any atom is -0.347 e. The summed E-state index contributed by atoms with van der Waals surface area (Å²) in [6, 6.07) is 12.7. The lowest BCUT2D eigenvalue weighted by Crippen LogP contribution is -2.62. The van der Waals surface area contributed by atoms with Crippen LogP contribution in [0.1, 0.15) is 95.2 Å². The molecule has 7 nitrogen and oxygen atoms in total. The molecule has 222 valence electrons. The molecule has 1 heterocycles. The van der Waals surface area contributed by atoms with E-state index < -0.39 is 23.5 Å². The molecule has 2 aromatic carbocycles. The predicted molar refractivity (Wildman–Crippen MR) is 163 cm³/mol. The maximum atomic E-state index is 14.3. The molecule has 4 atom stereocenters. The van der Waals surface area contributed by atoms with Crippen molar-refractivity contribution in [2.75, 3.05) is 7.05 Å². The van der Waals surface area contributed by atoms with Gasteiger partial charge in [-0.25, -0.2) is 0 Å².